The van der Waals surface area contributed by atoms with E-state index in [1.807, 2.05) is 36.4 Å². The van der Waals surface area contributed by atoms with Gasteiger partial charge in [-0.05, 0) is 30.3 Å². The third-order valence-corrected chi connectivity index (χ3v) is 3.73. The predicted molar refractivity (Wildman–Crippen MR) is 99.0 cm³/mol. The number of carbonyl (C=O) groups is 2. The van der Waals surface area contributed by atoms with Crippen LogP contribution in [0, 0.1) is 0 Å². The van der Waals surface area contributed by atoms with Gasteiger partial charge in [-0.25, -0.2) is 0 Å². The Bertz CT molecular complexity index is 707. The lowest BCUT2D eigenvalue weighted by Crippen LogP contribution is -2.37. The van der Waals surface area contributed by atoms with Gasteiger partial charge in [-0.15, -0.1) is 0 Å². The summed E-state index contributed by atoms with van der Waals surface area (Å²) < 4.78 is 5.48. The van der Waals surface area contributed by atoms with Gasteiger partial charge >= 0.3 is 0 Å². The molecule has 0 radical (unpaired) electrons. The van der Waals surface area contributed by atoms with Gasteiger partial charge < -0.3 is 15.0 Å². The van der Waals surface area contributed by atoms with Crippen LogP contribution in [-0.4, -0.2) is 31.5 Å². The van der Waals surface area contributed by atoms with Gasteiger partial charge in [-0.1, -0.05) is 35.9 Å². The monoisotopic (exact) mass is 360 g/mol. The molecule has 2 amide bonds. The van der Waals surface area contributed by atoms with Gasteiger partial charge in [0.25, 0.3) is 0 Å². The zero-order valence-corrected chi connectivity index (χ0v) is 14.8. The molecule has 0 aliphatic carbocycles. The van der Waals surface area contributed by atoms with E-state index in [0.717, 1.165) is 5.75 Å². The molecule has 0 aliphatic rings. The fraction of sp³-hybridized carbons (Fsp3) is 0.263. The average molecular weight is 361 g/mol. The van der Waals surface area contributed by atoms with Gasteiger partial charge in [-0.2, -0.15) is 0 Å². The van der Waals surface area contributed by atoms with Crippen molar-refractivity contribution in [3.05, 3.63) is 59.6 Å². The highest BCUT2D eigenvalue weighted by Gasteiger charge is 2.12. The van der Waals surface area contributed by atoms with Crippen molar-refractivity contribution >= 4 is 29.1 Å². The lowest BCUT2D eigenvalue weighted by Gasteiger charge is -2.21. The van der Waals surface area contributed by atoms with Crippen molar-refractivity contribution < 1.29 is 14.3 Å². The first-order valence-electron chi connectivity index (χ1n) is 8.04. The van der Waals surface area contributed by atoms with Crippen LogP contribution >= 0.6 is 11.6 Å². The van der Waals surface area contributed by atoms with E-state index in [2.05, 4.69) is 5.32 Å². The van der Waals surface area contributed by atoms with Gasteiger partial charge in [-0.3, -0.25) is 9.59 Å². The topological polar surface area (TPSA) is 58.6 Å². The van der Waals surface area contributed by atoms with Crippen LogP contribution in [0.1, 0.15) is 13.3 Å². The van der Waals surface area contributed by atoms with E-state index in [1.165, 1.54) is 6.92 Å². The lowest BCUT2D eigenvalue weighted by atomic mass is 10.3. The van der Waals surface area contributed by atoms with Crippen LogP contribution in [-0.2, 0) is 9.59 Å². The fourth-order valence-corrected chi connectivity index (χ4v) is 2.47. The minimum absolute atomic E-state index is 0.107. The zero-order valence-electron chi connectivity index (χ0n) is 14.1. The van der Waals surface area contributed by atoms with Crippen molar-refractivity contribution in [2.45, 2.75) is 13.3 Å². The van der Waals surface area contributed by atoms with E-state index < -0.39 is 0 Å². The minimum atomic E-state index is -0.120. The molecule has 0 heterocycles. The zero-order chi connectivity index (χ0) is 18.1. The van der Waals surface area contributed by atoms with Gasteiger partial charge in [0, 0.05) is 30.7 Å². The number of hydrogen-bond acceptors (Lipinski definition) is 3. The first-order chi connectivity index (χ1) is 12.1. The highest BCUT2D eigenvalue weighted by Crippen LogP contribution is 2.19. The van der Waals surface area contributed by atoms with Gasteiger partial charge in [0.1, 0.15) is 5.75 Å². The van der Waals surface area contributed by atoms with Crippen molar-refractivity contribution in [1.82, 2.24) is 5.32 Å². The number of carbonyl (C=O) groups excluding carboxylic acids is 2. The quantitative estimate of drug-likeness (QED) is 0.786. The molecule has 0 bridgehead atoms. The number of hydrogen-bond donors (Lipinski definition) is 1. The summed E-state index contributed by atoms with van der Waals surface area (Å²) >= 11 is 5.96. The van der Waals surface area contributed by atoms with Crippen molar-refractivity contribution in [3.63, 3.8) is 0 Å². The fourth-order valence-electron chi connectivity index (χ4n) is 2.29. The molecule has 0 spiro atoms. The Hall–Kier alpha value is -2.53. The number of benzene rings is 2. The molecule has 5 nitrogen and oxygen atoms in total. The summed E-state index contributed by atoms with van der Waals surface area (Å²) in [5, 5.41) is 3.35. The third-order valence-electron chi connectivity index (χ3n) is 3.50. The normalized spacial score (nSPS) is 10.2. The number of rotatable bonds is 8. The molecule has 2 rings (SSSR count). The molecule has 132 valence electrons. The Labute approximate surface area is 152 Å². The highest BCUT2D eigenvalue weighted by molar-refractivity contribution is 6.30. The van der Waals surface area contributed by atoms with Crippen LogP contribution in [0.2, 0.25) is 5.02 Å². The molecule has 0 fully saturated rings. The molecule has 0 atom stereocenters. The van der Waals surface area contributed by atoms with E-state index in [9.17, 15) is 9.59 Å². The van der Waals surface area contributed by atoms with Crippen molar-refractivity contribution in [3.8, 4) is 5.75 Å². The lowest BCUT2D eigenvalue weighted by molar-refractivity contribution is -0.122. The summed E-state index contributed by atoms with van der Waals surface area (Å²) in [6.45, 7) is 2.52. The van der Waals surface area contributed by atoms with E-state index >= 15 is 0 Å². The SMILES string of the molecule is CC(=O)N(CCNC(=O)CCOc1ccccc1)c1cccc(Cl)c1. The smallest absolute Gasteiger partial charge is 0.223 e. The van der Waals surface area contributed by atoms with Crippen molar-refractivity contribution in [2.24, 2.45) is 0 Å². The number of para-hydroxylation sites is 1. The number of nitrogens with one attached hydrogen (secondary N) is 1. The Balaban J connectivity index is 1.74. The molecule has 0 aliphatic heterocycles. The number of amides is 2. The van der Waals surface area contributed by atoms with Crippen LogP contribution in [0.15, 0.2) is 54.6 Å². The molecule has 0 aromatic heterocycles. The molecule has 2 aromatic rings. The number of anilines is 1. The number of nitrogens with zero attached hydrogens (tertiary/aromatic N) is 1. The van der Waals surface area contributed by atoms with Crippen LogP contribution in [0.25, 0.3) is 0 Å². The molecule has 0 unspecified atom stereocenters. The first-order valence-corrected chi connectivity index (χ1v) is 8.42. The maximum absolute atomic E-state index is 11.9. The molecule has 6 heteroatoms. The summed E-state index contributed by atoms with van der Waals surface area (Å²) in [7, 11) is 0. The van der Waals surface area contributed by atoms with Crippen LogP contribution in [0.5, 0.6) is 5.75 Å². The summed E-state index contributed by atoms with van der Waals surface area (Å²) in [5.74, 6) is 0.508. The largest absolute Gasteiger partial charge is 0.493 e. The molecular weight excluding hydrogens is 340 g/mol. The van der Waals surface area contributed by atoms with Crippen LogP contribution in [0.3, 0.4) is 0 Å². The summed E-state index contributed by atoms with van der Waals surface area (Å²) in [4.78, 5) is 25.2. The average Bonchev–Trinajstić information content (AvgIpc) is 2.59. The molecular formula is C19H21ClN2O3. The molecule has 0 saturated heterocycles. The first kappa shape index (κ1) is 18.8. The second-order valence-electron chi connectivity index (χ2n) is 5.41. The molecule has 0 saturated carbocycles. The van der Waals surface area contributed by atoms with E-state index in [4.69, 9.17) is 16.3 Å². The maximum atomic E-state index is 11.9. The summed E-state index contributed by atoms with van der Waals surface area (Å²) in [5.41, 5.74) is 0.710. The minimum Gasteiger partial charge on any atom is -0.493 e. The number of halogens is 1. The maximum Gasteiger partial charge on any atom is 0.223 e. The molecule has 2 aromatic carbocycles. The standard InChI is InChI=1S/C19H21ClN2O3/c1-15(23)22(17-7-5-6-16(20)14-17)12-11-21-19(24)10-13-25-18-8-3-2-4-9-18/h2-9,14H,10-13H2,1H3,(H,21,24). The van der Waals surface area contributed by atoms with Crippen LogP contribution in [0.4, 0.5) is 5.69 Å². The predicted octanol–water partition coefficient (Wildman–Crippen LogP) is 3.28. The highest BCUT2D eigenvalue weighted by atomic mass is 35.5. The number of ether oxygens (including phenoxy) is 1. The van der Waals surface area contributed by atoms with E-state index in [1.54, 1.807) is 23.1 Å². The third kappa shape index (κ3) is 6.47. The molecule has 1 N–H and O–H groups in total. The van der Waals surface area contributed by atoms with Gasteiger partial charge in [0.2, 0.25) is 11.8 Å². The summed E-state index contributed by atoms with van der Waals surface area (Å²) in [6, 6.07) is 16.4. The van der Waals surface area contributed by atoms with Gasteiger partial charge in [0.15, 0.2) is 0 Å². The van der Waals surface area contributed by atoms with E-state index in [-0.39, 0.29) is 18.2 Å². The van der Waals surface area contributed by atoms with Crippen molar-refractivity contribution in [1.29, 1.82) is 0 Å². The second-order valence-corrected chi connectivity index (χ2v) is 5.85. The van der Waals surface area contributed by atoms with Gasteiger partial charge in [0.05, 0.1) is 13.0 Å². The molecule has 25 heavy (non-hydrogen) atoms. The van der Waals surface area contributed by atoms with Crippen molar-refractivity contribution in [2.75, 3.05) is 24.6 Å². The van der Waals surface area contributed by atoms with Crippen LogP contribution < -0.4 is 15.0 Å². The Kier molecular flexibility index (Phi) is 7.29. The summed E-state index contributed by atoms with van der Waals surface area (Å²) in [6.07, 6.45) is 0.256. The Morgan fingerprint density at radius 3 is 2.56 bits per heavy atom. The Morgan fingerprint density at radius 1 is 1.12 bits per heavy atom. The Morgan fingerprint density at radius 2 is 1.88 bits per heavy atom. The second kappa shape index (κ2) is 9.69. The van der Waals surface area contributed by atoms with E-state index in [0.29, 0.717) is 30.4 Å².